The van der Waals surface area contributed by atoms with E-state index in [1.165, 1.54) is 22.5 Å². The van der Waals surface area contributed by atoms with Crippen LogP contribution in [0.2, 0.25) is 0 Å². The molecule has 1 saturated heterocycles. The highest BCUT2D eigenvalue weighted by molar-refractivity contribution is 8.26. The molecular formula is C34H29N3O2S2. The summed E-state index contributed by atoms with van der Waals surface area (Å²) >= 11 is 6.90. The molecule has 7 heteroatoms. The molecule has 204 valence electrons. The lowest BCUT2D eigenvalue weighted by Gasteiger charge is -2.21. The molecule has 1 aliphatic heterocycles. The van der Waals surface area contributed by atoms with Crippen molar-refractivity contribution in [2.45, 2.75) is 32.9 Å². The molecule has 1 fully saturated rings. The molecule has 0 spiro atoms. The zero-order valence-corrected chi connectivity index (χ0v) is 24.5. The van der Waals surface area contributed by atoms with Crippen molar-refractivity contribution >= 4 is 51.1 Å². The van der Waals surface area contributed by atoms with Crippen molar-refractivity contribution in [3.05, 3.63) is 119 Å². The number of rotatable bonds is 8. The maximum absolute atomic E-state index is 13.3. The second-order valence-electron chi connectivity index (χ2n) is 9.97. The van der Waals surface area contributed by atoms with E-state index in [4.69, 9.17) is 22.1 Å². The highest BCUT2D eigenvalue weighted by Gasteiger charge is 2.35. The first kappa shape index (κ1) is 27.0. The van der Waals surface area contributed by atoms with Crippen molar-refractivity contribution in [2.24, 2.45) is 0 Å². The minimum Gasteiger partial charge on any atom is -0.489 e. The molecular weight excluding hydrogens is 547 g/mol. The van der Waals surface area contributed by atoms with Crippen LogP contribution in [0.4, 0.5) is 0 Å². The van der Waals surface area contributed by atoms with Crippen LogP contribution in [0.15, 0.2) is 108 Å². The Morgan fingerprint density at radius 3 is 2.46 bits per heavy atom. The Labute approximate surface area is 249 Å². The summed E-state index contributed by atoms with van der Waals surface area (Å²) in [5, 5.41) is 7.33. The van der Waals surface area contributed by atoms with E-state index in [9.17, 15) is 4.79 Å². The monoisotopic (exact) mass is 575 g/mol. The molecule has 0 N–H and O–H groups in total. The number of para-hydroxylation sites is 1. The Morgan fingerprint density at radius 1 is 0.951 bits per heavy atom. The van der Waals surface area contributed by atoms with Gasteiger partial charge in [0, 0.05) is 23.4 Å². The summed E-state index contributed by atoms with van der Waals surface area (Å²) in [7, 11) is 0. The third-order valence-corrected chi connectivity index (χ3v) is 8.64. The van der Waals surface area contributed by atoms with Crippen molar-refractivity contribution in [1.29, 1.82) is 0 Å². The fourth-order valence-electron chi connectivity index (χ4n) is 4.90. The number of nitrogens with zero attached hydrogens (tertiary/aromatic N) is 3. The minimum atomic E-state index is -0.0510. The summed E-state index contributed by atoms with van der Waals surface area (Å²) in [6.07, 6.45) is 4.71. The van der Waals surface area contributed by atoms with Gasteiger partial charge in [-0.25, -0.2) is 4.68 Å². The summed E-state index contributed by atoms with van der Waals surface area (Å²) in [6.45, 7) is 4.56. The third kappa shape index (κ3) is 5.56. The van der Waals surface area contributed by atoms with Gasteiger partial charge in [-0.3, -0.25) is 9.69 Å². The van der Waals surface area contributed by atoms with Crippen LogP contribution in [0.25, 0.3) is 33.8 Å². The van der Waals surface area contributed by atoms with Gasteiger partial charge in [-0.1, -0.05) is 91.6 Å². The number of hydrogen-bond acceptors (Lipinski definition) is 5. The Bertz CT molecular complexity index is 1760. The van der Waals surface area contributed by atoms with Crippen molar-refractivity contribution in [3.8, 4) is 22.7 Å². The molecule has 41 heavy (non-hydrogen) atoms. The van der Waals surface area contributed by atoms with E-state index in [0.29, 0.717) is 15.8 Å². The van der Waals surface area contributed by atoms with E-state index in [0.717, 1.165) is 40.2 Å². The van der Waals surface area contributed by atoms with Crippen LogP contribution in [0, 0.1) is 0 Å². The first-order valence-corrected chi connectivity index (χ1v) is 14.9. The SMILES string of the molecule is CCC(C)N1C(=O)C(=Cc2cn(-c3ccccc3)nc2-c2ccc(OCc3cccc4ccccc34)cc2)SC1=S. The number of hydrogen-bond donors (Lipinski definition) is 0. The minimum absolute atomic E-state index is 0.0510. The maximum atomic E-state index is 13.3. The average Bonchev–Trinajstić information content (AvgIpc) is 3.56. The van der Waals surface area contributed by atoms with Crippen LogP contribution < -0.4 is 4.74 Å². The maximum Gasteiger partial charge on any atom is 0.266 e. The van der Waals surface area contributed by atoms with Crippen LogP contribution in [-0.4, -0.2) is 30.9 Å². The van der Waals surface area contributed by atoms with Crippen LogP contribution in [0.3, 0.4) is 0 Å². The fraction of sp³-hybridized carbons (Fsp3) is 0.147. The first-order chi connectivity index (χ1) is 20.0. The fourth-order valence-corrected chi connectivity index (χ4v) is 6.36. The molecule has 4 aromatic carbocycles. The highest BCUT2D eigenvalue weighted by Crippen LogP contribution is 2.36. The molecule has 5 aromatic rings. The highest BCUT2D eigenvalue weighted by atomic mass is 32.2. The average molecular weight is 576 g/mol. The van der Waals surface area contributed by atoms with Gasteiger partial charge >= 0.3 is 0 Å². The number of thiocarbonyl (C=S) groups is 1. The number of benzene rings is 4. The van der Waals surface area contributed by atoms with E-state index in [-0.39, 0.29) is 11.9 Å². The van der Waals surface area contributed by atoms with Crippen molar-refractivity contribution in [1.82, 2.24) is 14.7 Å². The summed E-state index contributed by atoms with van der Waals surface area (Å²) in [5.74, 6) is 0.727. The Hall–Kier alpha value is -4.20. The van der Waals surface area contributed by atoms with Gasteiger partial charge in [-0.2, -0.15) is 5.10 Å². The van der Waals surface area contributed by atoms with E-state index in [1.807, 2.05) is 84.5 Å². The smallest absolute Gasteiger partial charge is 0.266 e. The van der Waals surface area contributed by atoms with Crippen LogP contribution in [0.5, 0.6) is 5.75 Å². The van der Waals surface area contributed by atoms with Crippen LogP contribution in [-0.2, 0) is 11.4 Å². The number of carbonyl (C=O) groups is 1. The normalized spacial score (nSPS) is 15.2. The number of carbonyl (C=O) groups excluding carboxylic acids is 1. The molecule has 1 unspecified atom stereocenters. The molecule has 1 amide bonds. The number of aromatic nitrogens is 2. The number of thioether (sulfide) groups is 1. The predicted octanol–water partition coefficient (Wildman–Crippen LogP) is 8.27. The molecule has 1 aliphatic rings. The lowest BCUT2D eigenvalue weighted by atomic mass is 10.1. The number of fused-ring (bicyclic) bond motifs is 1. The van der Waals surface area contributed by atoms with Crippen LogP contribution >= 0.6 is 24.0 Å². The number of ether oxygens (including phenoxy) is 1. The Kier molecular flexibility index (Phi) is 7.72. The summed E-state index contributed by atoms with van der Waals surface area (Å²) < 4.78 is 8.61. The summed E-state index contributed by atoms with van der Waals surface area (Å²) in [6, 6.07) is 32.6. The van der Waals surface area contributed by atoms with E-state index in [2.05, 4.69) is 43.3 Å². The summed E-state index contributed by atoms with van der Waals surface area (Å²) in [5.41, 5.74) is 4.65. The van der Waals surface area contributed by atoms with Gasteiger partial charge < -0.3 is 4.74 Å². The van der Waals surface area contributed by atoms with Gasteiger partial charge in [0.2, 0.25) is 0 Å². The summed E-state index contributed by atoms with van der Waals surface area (Å²) in [4.78, 5) is 15.6. The van der Waals surface area contributed by atoms with Gasteiger partial charge in [0.1, 0.15) is 16.7 Å². The molecule has 5 nitrogen and oxygen atoms in total. The molecule has 6 rings (SSSR count). The van der Waals surface area contributed by atoms with Gasteiger partial charge in [0.15, 0.2) is 0 Å². The topological polar surface area (TPSA) is 47.4 Å². The first-order valence-electron chi connectivity index (χ1n) is 13.6. The molecule has 0 bridgehead atoms. The quantitative estimate of drug-likeness (QED) is 0.138. The lowest BCUT2D eigenvalue weighted by Crippen LogP contribution is -2.36. The molecule has 1 aromatic heterocycles. The van der Waals surface area contributed by atoms with Crippen molar-refractivity contribution in [2.75, 3.05) is 0 Å². The standard InChI is InChI=1S/C34H29N3O2S2/c1-3-23(2)37-33(38)31(41-34(37)40)20-27-21-36(28-13-5-4-6-14-28)35-32(27)25-16-18-29(19-17-25)39-22-26-12-9-11-24-10-7-8-15-30(24)26/h4-21,23H,3,22H2,1-2H3. The van der Waals surface area contributed by atoms with E-state index in [1.54, 1.807) is 4.90 Å². The largest absolute Gasteiger partial charge is 0.489 e. The Morgan fingerprint density at radius 2 is 1.68 bits per heavy atom. The van der Waals surface area contributed by atoms with Crippen molar-refractivity contribution in [3.63, 3.8) is 0 Å². The predicted molar refractivity (Wildman–Crippen MR) is 172 cm³/mol. The lowest BCUT2D eigenvalue weighted by molar-refractivity contribution is -0.123. The van der Waals surface area contributed by atoms with Crippen LogP contribution in [0.1, 0.15) is 31.4 Å². The third-order valence-electron chi connectivity index (χ3n) is 7.31. The molecule has 1 atom stereocenters. The molecule has 0 aliphatic carbocycles. The molecule has 2 heterocycles. The van der Waals surface area contributed by atoms with E-state index < -0.39 is 0 Å². The Balaban J connectivity index is 1.30. The molecule has 0 radical (unpaired) electrons. The second-order valence-corrected chi connectivity index (χ2v) is 11.6. The zero-order chi connectivity index (χ0) is 28.3. The van der Waals surface area contributed by atoms with Crippen molar-refractivity contribution < 1.29 is 9.53 Å². The van der Waals surface area contributed by atoms with Gasteiger partial charge in [-0.05, 0) is 72.2 Å². The van der Waals surface area contributed by atoms with Gasteiger partial charge in [0.25, 0.3) is 5.91 Å². The van der Waals surface area contributed by atoms with Gasteiger partial charge in [-0.15, -0.1) is 0 Å². The number of amides is 1. The molecule has 0 saturated carbocycles. The van der Waals surface area contributed by atoms with Gasteiger partial charge in [0.05, 0.1) is 16.3 Å². The van der Waals surface area contributed by atoms with E-state index >= 15 is 0 Å². The zero-order valence-electron chi connectivity index (χ0n) is 22.9. The second kappa shape index (κ2) is 11.7.